The molecular formula is C17H22N2O3. The minimum Gasteiger partial charge on any atom is -0.497 e. The standard InChI is InChI=1S/C17H22N2O3/c1-11-7-14(18)5-6-19(11)17(20)13-8-12-9-15(21-2)3-4-16(12)22-10-13/h3-4,8-9,11,14H,5-7,10,18H2,1-2H3. The smallest absolute Gasteiger partial charge is 0.253 e. The zero-order valence-corrected chi connectivity index (χ0v) is 13.0. The van der Waals surface area contributed by atoms with Crippen molar-refractivity contribution < 1.29 is 14.3 Å². The van der Waals surface area contributed by atoms with Gasteiger partial charge in [0.25, 0.3) is 5.91 Å². The number of carbonyl (C=O) groups excluding carboxylic acids is 1. The fourth-order valence-electron chi connectivity index (χ4n) is 3.10. The molecule has 2 N–H and O–H groups in total. The Morgan fingerprint density at radius 2 is 2.27 bits per heavy atom. The van der Waals surface area contributed by atoms with E-state index in [0.29, 0.717) is 18.7 Å². The van der Waals surface area contributed by atoms with Crippen molar-refractivity contribution in [1.29, 1.82) is 0 Å². The van der Waals surface area contributed by atoms with E-state index < -0.39 is 0 Å². The fraction of sp³-hybridized carbons (Fsp3) is 0.471. The highest BCUT2D eigenvalue weighted by molar-refractivity contribution is 5.99. The molecule has 2 heterocycles. The molecule has 3 rings (SSSR count). The van der Waals surface area contributed by atoms with E-state index in [2.05, 4.69) is 6.92 Å². The average Bonchev–Trinajstić information content (AvgIpc) is 2.53. The Morgan fingerprint density at radius 3 is 3.00 bits per heavy atom. The van der Waals surface area contributed by atoms with Gasteiger partial charge in [0.1, 0.15) is 18.1 Å². The lowest BCUT2D eigenvalue weighted by Crippen LogP contribution is -2.49. The van der Waals surface area contributed by atoms with Gasteiger partial charge in [-0.2, -0.15) is 0 Å². The minimum absolute atomic E-state index is 0.0490. The lowest BCUT2D eigenvalue weighted by molar-refractivity contribution is -0.130. The van der Waals surface area contributed by atoms with Crippen LogP contribution in [0, 0.1) is 0 Å². The predicted octanol–water partition coefficient (Wildman–Crippen LogP) is 1.81. The summed E-state index contributed by atoms with van der Waals surface area (Å²) in [5.41, 5.74) is 7.54. The molecule has 5 nitrogen and oxygen atoms in total. The van der Waals surface area contributed by atoms with Crippen molar-refractivity contribution in [3.8, 4) is 11.5 Å². The summed E-state index contributed by atoms with van der Waals surface area (Å²) in [7, 11) is 1.62. The average molecular weight is 302 g/mol. The number of fused-ring (bicyclic) bond motifs is 1. The Balaban J connectivity index is 1.82. The summed E-state index contributed by atoms with van der Waals surface area (Å²) in [6.45, 7) is 3.08. The van der Waals surface area contributed by atoms with Crippen LogP contribution in [0.1, 0.15) is 25.3 Å². The molecule has 1 saturated heterocycles. The summed E-state index contributed by atoms with van der Waals surface area (Å²) < 4.78 is 10.9. The number of likely N-dealkylation sites (tertiary alicyclic amines) is 1. The molecule has 118 valence electrons. The van der Waals surface area contributed by atoms with Crippen LogP contribution >= 0.6 is 0 Å². The number of rotatable bonds is 2. The van der Waals surface area contributed by atoms with Crippen LogP contribution < -0.4 is 15.2 Å². The van der Waals surface area contributed by atoms with Gasteiger partial charge in [0.2, 0.25) is 0 Å². The number of piperidine rings is 1. The Hall–Kier alpha value is -2.01. The van der Waals surface area contributed by atoms with Crippen LogP contribution in [0.25, 0.3) is 6.08 Å². The number of hydrogen-bond acceptors (Lipinski definition) is 4. The summed E-state index contributed by atoms with van der Waals surface area (Å²) in [5, 5.41) is 0. The summed E-state index contributed by atoms with van der Waals surface area (Å²) >= 11 is 0. The zero-order chi connectivity index (χ0) is 15.7. The van der Waals surface area contributed by atoms with Crippen LogP contribution in [0.3, 0.4) is 0 Å². The van der Waals surface area contributed by atoms with E-state index in [1.165, 1.54) is 0 Å². The summed E-state index contributed by atoms with van der Waals surface area (Å²) in [5.74, 6) is 1.59. The predicted molar refractivity (Wildman–Crippen MR) is 84.9 cm³/mol. The van der Waals surface area contributed by atoms with Crippen LogP contribution in [-0.4, -0.2) is 43.2 Å². The van der Waals surface area contributed by atoms with Gasteiger partial charge < -0.3 is 20.1 Å². The Kier molecular flexibility index (Phi) is 4.07. The SMILES string of the molecule is COc1ccc2c(c1)C=C(C(=O)N1CCC(N)CC1C)CO2. The number of amides is 1. The normalized spacial score (nSPS) is 24.1. The number of nitrogens with zero attached hydrogens (tertiary/aromatic N) is 1. The second-order valence-electron chi connectivity index (χ2n) is 5.99. The number of ether oxygens (including phenoxy) is 2. The molecule has 1 fully saturated rings. The molecule has 2 aliphatic heterocycles. The van der Waals surface area contributed by atoms with Crippen LogP contribution in [0.15, 0.2) is 23.8 Å². The first-order chi connectivity index (χ1) is 10.6. The van der Waals surface area contributed by atoms with E-state index >= 15 is 0 Å². The summed E-state index contributed by atoms with van der Waals surface area (Å²) in [6, 6.07) is 5.98. The fourth-order valence-corrected chi connectivity index (χ4v) is 3.10. The maximum atomic E-state index is 12.7. The van der Waals surface area contributed by atoms with Gasteiger partial charge in [-0.15, -0.1) is 0 Å². The molecular weight excluding hydrogens is 280 g/mol. The van der Waals surface area contributed by atoms with Gasteiger partial charge in [0, 0.05) is 24.2 Å². The quantitative estimate of drug-likeness (QED) is 0.905. The molecule has 2 atom stereocenters. The largest absolute Gasteiger partial charge is 0.497 e. The highest BCUT2D eigenvalue weighted by Crippen LogP contribution is 2.31. The van der Waals surface area contributed by atoms with Crippen molar-refractivity contribution in [3.63, 3.8) is 0 Å². The van der Waals surface area contributed by atoms with Gasteiger partial charge in [-0.25, -0.2) is 0 Å². The molecule has 1 aromatic rings. The summed E-state index contributed by atoms with van der Waals surface area (Å²) in [6.07, 6.45) is 3.61. The number of methoxy groups -OCH3 is 1. The Morgan fingerprint density at radius 1 is 1.45 bits per heavy atom. The number of nitrogens with two attached hydrogens (primary N) is 1. The van der Waals surface area contributed by atoms with Gasteiger partial charge in [-0.1, -0.05) is 0 Å². The first kappa shape index (κ1) is 14.9. The first-order valence-electron chi connectivity index (χ1n) is 7.66. The Labute approximate surface area is 130 Å². The van der Waals surface area contributed by atoms with Crippen molar-refractivity contribution in [3.05, 3.63) is 29.3 Å². The maximum absolute atomic E-state index is 12.7. The monoisotopic (exact) mass is 302 g/mol. The molecule has 22 heavy (non-hydrogen) atoms. The molecule has 1 amide bonds. The number of hydrogen-bond donors (Lipinski definition) is 1. The van der Waals surface area contributed by atoms with E-state index in [9.17, 15) is 4.79 Å². The lowest BCUT2D eigenvalue weighted by atomic mass is 9.97. The third-order valence-corrected chi connectivity index (χ3v) is 4.38. The number of carbonyl (C=O) groups is 1. The van der Waals surface area contributed by atoms with E-state index in [1.807, 2.05) is 29.2 Å². The summed E-state index contributed by atoms with van der Waals surface area (Å²) in [4.78, 5) is 14.6. The Bertz CT molecular complexity index is 612. The van der Waals surface area contributed by atoms with Crippen LogP contribution in [0.2, 0.25) is 0 Å². The topological polar surface area (TPSA) is 64.8 Å². The molecule has 0 spiro atoms. The van der Waals surface area contributed by atoms with Crippen molar-refractivity contribution in [2.75, 3.05) is 20.3 Å². The van der Waals surface area contributed by atoms with E-state index in [0.717, 1.165) is 29.9 Å². The van der Waals surface area contributed by atoms with Crippen LogP contribution in [0.4, 0.5) is 0 Å². The highest BCUT2D eigenvalue weighted by Gasteiger charge is 2.30. The van der Waals surface area contributed by atoms with Gasteiger partial charge in [-0.3, -0.25) is 4.79 Å². The van der Waals surface area contributed by atoms with Crippen LogP contribution in [0.5, 0.6) is 11.5 Å². The number of benzene rings is 1. The second kappa shape index (κ2) is 6.01. The van der Waals surface area contributed by atoms with Crippen molar-refractivity contribution in [2.45, 2.75) is 31.8 Å². The molecule has 0 saturated carbocycles. The van der Waals surface area contributed by atoms with Crippen LogP contribution in [-0.2, 0) is 4.79 Å². The maximum Gasteiger partial charge on any atom is 0.253 e. The van der Waals surface area contributed by atoms with Gasteiger partial charge in [-0.05, 0) is 44.0 Å². The first-order valence-corrected chi connectivity index (χ1v) is 7.66. The molecule has 0 radical (unpaired) electrons. The molecule has 1 aromatic carbocycles. The molecule has 2 aliphatic rings. The van der Waals surface area contributed by atoms with Crippen molar-refractivity contribution in [2.24, 2.45) is 5.73 Å². The molecule has 0 aliphatic carbocycles. The third kappa shape index (κ3) is 2.81. The zero-order valence-electron chi connectivity index (χ0n) is 13.0. The van der Waals surface area contributed by atoms with Gasteiger partial charge in [0.05, 0.1) is 12.7 Å². The molecule has 0 aromatic heterocycles. The lowest BCUT2D eigenvalue weighted by Gasteiger charge is -2.37. The minimum atomic E-state index is 0.0490. The van der Waals surface area contributed by atoms with E-state index in [4.69, 9.17) is 15.2 Å². The second-order valence-corrected chi connectivity index (χ2v) is 5.99. The molecule has 0 bridgehead atoms. The van der Waals surface area contributed by atoms with Crippen molar-refractivity contribution >= 4 is 12.0 Å². The van der Waals surface area contributed by atoms with E-state index in [1.54, 1.807) is 7.11 Å². The molecule has 5 heteroatoms. The highest BCUT2D eigenvalue weighted by atomic mass is 16.5. The van der Waals surface area contributed by atoms with Gasteiger partial charge >= 0.3 is 0 Å². The molecule has 2 unspecified atom stereocenters. The van der Waals surface area contributed by atoms with E-state index in [-0.39, 0.29) is 18.0 Å². The van der Waals surface area contributed by atoms with Crippen molar-refractivity contribution in [1.82, 2.24) is 4.90 Å². The third-order valence-electron chi connectivity index (χ3n) is 4.38. The van der Waals surface area contributed by atoms with Gasteiger partial charge in [0.15, 0.2) is 0 Å².